The number of unbranched alkanes of at least 4 members (excludes halogenated alkanes) is 1. The van der Waals surface area contributed by atoms with E-state index in [-0.39, 0.29) is 0 Å². The Morgan fingerprint density at radius 1 is 1.00 bits per heavy atom. The van der Waals surface area contributed by atoms with Gasteiger partial charge in [-0.25, -0.2) is 0 Å². The maximum atomic E-state index is 5.10. The van der Waals surface area contributed by atoms with Gasteiger partial charge in [-0.05, 0) is 67.9 Å². The minimum atomic E-state index is 0.820. The number of hydrogen-bond donors (Lipinski definition) is 0. The molecule has 21 heavy (non-hydrogen) atoms. The Morgan fingerprint density at radius 2 is 1.71 bits per heavy atom. The Hall–Kier alpha value is -0.820. The Bertz CT molecular complexity index is 373. The van der Waals surface area contributed by atoms with Crippen LogP contribution in [-0.4, -0.2) is 13.7 Å². The predicted molar refractivity (Wildman–Crippen MR) is 90.9 cm³/mol. The minimum Gasteiger partial charge on any atom is -0.385 e. The molecule has 0 atom stereocenters. The topological polar surface area (TPSA) is 9.23 Å². The smallest absolute Gasteiger partial charge is 0.0462 e. The summed E-state index contributed by atoms with van der Waals surface area (Å²) in [5, 5.41) is 0. The first-order chi connectivity index (χ1) is 10.3. The van der Waals surface area contributed by atoms with Gasteiger partial charge in [0, 0.05) is 13.7 Å². The van der Waals surface area contributed by atoms with Crippen molar-refractivity contribution in [2.75, 3.05) is 13.7 Å². The van der Waals surface area contributed by atoms with Crippen LogP contribution in [0.1, 0.15) is 75.3 Å². The fourth-order valence-electron chi connectivity index (χ4n) is 3.72. The third kappa shape index (κ3) is 5.47. The molecule has 0 amide bonds. The lowest BCUT2D eigenvalue weighted by molar-refractivity contribution is 0.193. The van der Waals surface area contributed by atoms with Gasteiger partial charge in [-0.3, -0.25) is 0 Å². The van der Waals surface area contributed by atoms with E-state index < -0.39 is 0 Å². The molecule has 118 valence electrons. The summed E-state index contributed by atoms with van der Waals surface area (Å²) >= 11 is 0. The Balaban J connectivity index is 1.77. The molecule has 1 aromatic rings. The average molecular weight is 288 g/mol. The molecule has 0 radical (unpaired) electrons. The first-order valence-corrected chi connectivity index (χ1v) is 8.91. The van der Waals surface area contributed by atoms with Crippen LogP contribution in [0.15, 0.2) is 24.3 Å². The zero-order valence-corrected chi connectivity index (χ0v) is 13.9. The molecular weight excluding hydrogens is 256 g/mol. The molecule has 1 fully saturated rings. The lowest BCUT2D eigenvalue weighted by atomic mass is 9.77. The lowest BCUT2D eigenvalue weighted by Crippen LogP contribution is -2.13. The van der Waals surface area contributed by atoms with Gasteiger partial charge in [0.05, 0.1) is 0 Å². The van der Waals surface area contributed by atoms with Gasteiger partial charge in [-0.1, -0.05) is 44.0 Å². The van der Waals surface area contributed by atoms with E-state index in [1.165, 1.54) is 63.4 Å². The van der Waals surface area contributed by atoms with E-state index in [1.54, 1.807) is 12.7 Å². The summed E-state index contributed by atoms with van der Waals surface area (Å²) in [5.41, 5.74) is 3.06. The van der Waals surface area contributed by atoms with Gasteiger partial charge in [0.2, 0.25) is 0 Å². The number of aryl methyl sites for hydroxylation is 1. The highest BCUT2D eigenvalue weighted by atomic mass is 16.5. The normalized spacial score (nSPS) is 22.4. The summed E-state index contributed by atoms with van der Waals surface area (Å²) < 4.78 is 5.10. The number of rotatable bonds is 8. The molecule has 0 unspecified atom stereocenters. The molecule has 0 N–H and O–H groups in total. The van der Waals surface area contributed by atoms with Crippen molar-refractivity contribution in [1.29, 1.82) is 0 Å². The SMILES string of the molecule is CCCC1CCC(c2ccc(CCCCOC)cc2)CC1. The fourth-order valence-corrected chi connectivity index (χ4v) is 3.72. The molecule has 1 heteroatoms. The van der Waals surface area contributed by atoms with Crippen LogP contribution in [0.5, 0.6) is 0 Å². The molecule has 2 rings (SSSR count). The molecule has 0 heterocycles. The number of benzene rings is 1. The second-order valence-electron chi connectivity index (χ2n) is 6.70. The third-order valence-electron chi connectivity index (χ3n) is 5.06. The molecule has 1 nitrogen and oxygen atoms in total. The van der Waals surface area contributed by atoms with Crippen molar-refractivity contribution < 1.29 is 4.74 Å². The second kappa shape index (κ2) is 9.25. The van der Waals surface area contributed by atoms with E-state index in [0.29, 0.717) is 0 Å². The predicted octanol–water partition coefficient (Wildman–Crippen LogP) is 5.73. The summed E-state index contributed by atoms with van der Waals surface area (Å²) in [7, 11) is 1.78. The summed E-state index contributed by atoms with van der Waals surface area (Å²) in [5.74, 6) is 1.83. The van der Waals surface area contributed by atoms with Crippen molar-refractivity contribution in [3.63, 3.8) is 0 Å². The highest BCUT2D eigenvalue weighted by Gasteiger charge is 2.21. The van der Waals surface area contributed by atoms with Gasteiger partial charge in [0.15, 0.2) is 0 Å². The summed E-state index contributed by atoms with van der Waals surface area (Å²) in [6, 6.07) is 9.47. The first-order valence-electron chi connectivity index (χ1n) is 8.91. The fraction of sp³-hybridized carbons (Fsp3) is 0.700. The van der Waals surface area contributed by atoms with Crippen LogP contribution in [0.2, 0.25) is 0 Å². The standard InChI is InChI=1S/C20H32O/c1-3-6-17-8-12-19(13-9-17)20-14-10-18(11-15-20)7-4-5-16-21-2/h10-11,14-15,17,19H,3-9,12-13,16H2,1-2H3. The monoisotopic (exact) mass is 288 g/mol. The molecule has 0 spiro atoms. The van der Waals surface area contributed by atoms with Crippen LogP contribution in [0, 0.1) is 5.92 Å². The Morgan fingerprint density at radius 3 is 2.33 bits per heavy atom. The van der Waals surface area contributed by atoms with Crippen molar-refractivity contribution in [2.24, 2.45) is 5.92 Å². The minimum absolute atomic E-state index is 0.820. The lowest BCUT2D eigenvalue weighted by Gasteiger charge is -2.28. The summed E-state index contributed by atoms with van der Waals surface area (Å²) in [4.78, 5) is 0. The molecule has 1 saturated carbocycles. The molecule has 1 aliphatic rings. The van der Waals surface area contributed by atoms with Crippen LogP contribution in [-0.2, 0) is 11.2 Å². The highest BCUT2D eigenvalue weighted by Crippen LogP contribution is 2.37. The van der Waals surface area contributed by atoms with E-state index in [0.717, 1.165) is 18.4 Å². The molecule has 0 aromatic heterocycles. The number of methoxy groups -OCH3 is 1. The van der Waals surface area contributed by atoms with Crippen molar-refractivity contribution in [3.8, 4) is 0 Å². The van der Waals surface area contributed by atoms with Gasteiger partial charge in [0.1, 0.15) is 0 Å². The van der Waals surface area contributed by atoms with E-state index in [2.05, 4.69) is 31.2 Å². The van der Waals surface area contributed by atoms with Crippen LogP contribution >= 0.6 is 0 Å². The van der Waals surface area contributed by atoms with Gasteiger partial charge >= 0.3 is 0 Å². The van der Waals surface area contributed by atoms with Gasteiger partial charge < -0.3 is 4.74 Å². The average Bonchev–Trinajstić information content (AvgIpc) is 2.53. The van der Waals surface area contributed by atoms with E-state index in [4.69, 9.17) is 4.74 Å². The maximum Gasteiger partial charge on any atom is 0.0462 e. The molecule has 0 aliphatic heterocycles. The molecule has 0 bridgehead atoms. The number of ether oxygens (including phenoxy) is 1. The number of hydrogen-bond acceptors (Lipinski definition) is 1. The van der Waals surface area contributed by atoms with E-state index >= 15 is 0 Å². The Labute approximate surface area is 131 Å². The van der Waals surface area contributed by atoms with E-state index in [9.17, 15) is 0 Å². The van der Waals surface area contributed by atoms with Crippen LogP contribution < -0.4 is 0 Å². The van der Waals surface area contributed by atoms with Crippen LogP contribution in [0.25, 0.3) is 0 Å². The van der Waals surface area contributed by atoms with Gasteiger partial charge in [-0.15, -0.1) is 0 Å². The zero-order chi connectivity index (χ0) is 14.9. The van der Waals surface area contributed by atoms with Crippen molar-refractivity contribution in [2.45, 2.75) is 70.6 Å². The summed E-state index contributed by atoms with van der Waals surface area (Å²) in [6.07, 6.45) is 12.1. The Kier molecular flexibility index (Phi) is 7.29. The van der Waals surface area contributed by atoms with Crippen molar-refractivity contribution >= 4 is 0 Å². The van der Waals surface area contributed by atoms with Gasteiger partial charge in [0.25, 0.3) is 0 Å². The zero-order valence-electron chi connectivity index (χ0n) is 13.9. The van der Waals surface area contributed by atoms with Crippen LogP contribution in [0.3, 0.4) is 0 Å². The maximum absolute atomic E-state index is 5.10. The molecular formula is C20H32O. The largest absolute Gasteiger partial charge is 0.385 e. The quantitative estimate of drug-likeness (QED) is 0.555. The second-order valence-corrected chi connectivity index (χ2v) is 6.70. The first kappa shape index (κ1) is 16.5. The third-order valence-corrected chi connectivity index (χ3v) is 5.06. The van der Waals surface area contributed by atoms with Crippen molar-refractivity contribution in [3.05, 3.63) is 35.4 Å². The van der Waals surface area contributed by atoms with Crippen LogP contribution in [0.4, 0.5) is 0 Å². The summed E-state index contributed by atoms with van der Waals surface area (Å²) in [6.45, 7) is 3.20. The van der Waals surface area contributed by atoms with Gasteiger partial charge in [-0.2, -0.15) is 0 Å². The molecule has 0 saturated heterocycles. The van der Waals surface area contributed by atoms with Crippen molar-refractivity contribution in [1.82, 2.24) is 0 Å². The molecule has 1 aliphatic carbocycles. The molecule has 1 aromatic carbocycles. The highest BCUT2D eigenvalue weighted by molar-refractivity contribution is 5.25. The van der Waals surface area contributed by atoms with E-state index in [1.807, 2.05) is 0 Å².